The zero-order chi connectivity index (χ0) is 17.3. The van der Waals surface area contributed by atoms with Crippen molar-refractivity contribution in [2.75, 3.05) is 20.8 Å². The van der Waals surface area contributed by atoms with Crippen molar-refractivity contribution in [2.45, 2.75) is 88.0 Å². The molecule has 25 heavy (non-hydrogen) atoms. The molecule has 2 heterocycles. The first-order chi connectivity index (χ1) is 12.3. The summed E-state index contributed by atoms with van der Waals surface area (Å²) in [6, 6.07) is 0.463. The second-order valence-corrected chi connectivity index (χ2v) is 8.28. The van der Waals surface area contributed by atoms with Crippen LogP contribution in [0.4, 0.5) is 0 Å². The molecule has 3 atom stereocenters. The summed E-state index contributed by atoms with van der Waals surface area (Å²) in [6.45, 7) is 2.11. The molecule has 0 radical (unpaired) electrons. The zero-order valence-electron chi connectivity index (χ0n) is 15.8. The molecule has 3 aliphatic rings. The molecule has 3 fully saturated rings. The van der Waals surface area contributed by atoms with Crippen molar-refractivity contribution in [3.05, 3.63) is 17.5 Å². The molecule has 0 bridgehead atoms. The lowest BCUT2D eigenvalue weighted by Gasteiger charge is -2.43. The number of aromatic amines is 1. The predicted octanol–water partition coefficient (Wildman–Crippen LogP) is 3.62. The van der Waals surface area contributed by atoms with E-state index in [4.69, 9.17) is 9.47 Å². The third kappa shape index (κ3) is 3.26. The van der Waals surface area contributed by atoms with Gasteiger partial charge in [-0.1, -0.05) is 19.3 Å². The Morgan fingerprint density at radius 3 is 2.80 bits per heavy atom. The van der Waals surface area contributed by atoms with Crippen molar-refractivity contribution in [2.24, 2.45) is 0 Å². The normalized spacial score (nSPS) is 34.3. The maximum atomic E-state index is 6.07. The smallest absolute Gasteiger partial charge is 0.0847 e. The summed E-state index contributed by atoms with van der Waals surface area (Å²) in [7, 11) is 3.75. The molecule has 1 aromatic heterocycles. The Morgan fingerprint density at radius 1 is 1.20 bits per heavy atom. The van der Waals surface area contributed by atoms with Gasteiger partial charge >= 0.3 is 0 Å². The fourth-order valence-electron chi connectivity index (χ4n) is 5.57. The lowest BCUT2D eigenvalue weighted by Crippen LogP contribution is -2.51. The van der Waals surface area contributed by atoms with Crippen LogP contribution >= 0.6 is 0 Å². The third-order valence-corrected chi connectivity index (χ3v) is 7.12. The molecular weight excluding hydrogens is 314 g/mol. The van der Waals surface area contributed by atoms with Crippen LogP contribution in [0.15, 0.2) is 6.20 Å². The van der Waals surface area contributed by atoms with Crippen molar-refractivity contribution < 1.29 is 9.47 Å². The molecule has 1 aliphatic heterocycles. The van der Waals surface area contributed by atoms with E-state index in [0.717, 1.165) is 38.8 Å². The van der Waals surface area contributed by atoms with Crippen LogP contribution in [0.3, 0.4) is 0 Å². The monoisotopic (exact) mass is 347 g/mol. The van der Waals surface area contributed by atoms with Gasteiger partial charge in [0, 0.05) is 50.5 Å². The summed E-state index contributed by atoms with van der Waals surface area (Å²) in [5.41, 5.74) is 2.83. The Hall–Kier alpha value is -0.910. The van der Waals surface area contributed by atoms with Gasteiger partial charge < -0.3 is 9.47 Å². The number of H-pyrrole nitrogens is 1. The number of methoxy groups -OCH3 is 2. The Labute approximate surface area is 151 Å². The van der Waals surface area contributed by atoms with Gasteiger partial charge in [0.2, 0.25) is 0 Å². The fourth-order valence-corrected chi connectivity index (χ4v) is 5.57. The highest BCUT2D eigenvalue weighted by Gasteiger charge is 2.51. The first-order valence-electron chi connectivity index (χ1n) is 10.1. The van der Waals surface area contributed by atoms with E-state index < -0.39 is 0 Å². The quantitative estimate of drug-likeness (QED) is 0.884. The number of likely N-dealkylation sites (tertiary alicyclic amines) is 1. The molecule has 1 saturated heterocycles. The van der Waals surface area contributed by atoms with Gasteiger partial charge in [-0.05, 0) is 38.5 Å². The molecule has 0 amide bonds. The van der Waals surface area contributed by atoms with Crippen LogP contribution in [-0.4, -0.2) is 53.6 Å². The lowest BCUT2D eigenvalue weighted by atomic mass is 9.79. The van der Waals surface area contributed by atoms with Gasteiger partial charge in [-0.2, -0.15) is 5.10 Å². The third-order valence-electron chi connectivity index (χ3n) is 7.12. The minimum Gasteiger partial charge on any atom is -0.381 e. The van der Waals surface area contributed by atoms with E-state index in [2.05, 4.69) is 21.3 Å². The van der Waals surface area contributed by atoms with Gasteiger partial charge in [-0.3, -0.25) is 10.00 Å². The average molecular weight is 348 g/mol. The van der Waals surface area contributed by atoms with Crippen molar-refractivity contribution in [3.8, 4) is 0 Å². The molecule has 140 valence electrons. The van der Waals surface area contributed by atoms with Gasteiger partial charge in [0.05, 0.1) is 17.9 Å². The van der Waals surface area contributed by atoms with Gasteiger partial charge in [0.15, 0.2) is 0 Å². The molecule has 4 rings (SSSR count). The minimum atomic E-state index is 0.0315. The zero-order valence-corrected chi connectivity index (χ0v) is 15.8. The van der Waals surface area contributed by atoms with E-state index in [9.17, 15) is 0 Å². The van der Waals surface area contributed by atoms with Crippen molar-refractivity contribution in [1.29, 1.82) is 0 Å². The predicted molar refractivity (Wildman–Crippen MR) is 97.6 cm³/mol. The highest BCUT2D eigenvalue weighted by atomic mass is 16.5. The number of fused-ring (bicyclic) bond motifs is 1. The molecule has 0 spiro atoms. The Bertz CT molecular complexity index is 569. The second-order valence-electron chi connectivity index (χ2n) is 8.28. The molecule has 5 nitrogen and oxygen atoms in total. The number of nitrogens with one attached hydrogen (secondary N) is 1. The van der Waals surface area contributed by atoms with Crippen LogP contribution in [0, 0.1) is 0 Å². The van der Waals surface area contributed by atoms with Crippen LogP contribution in [0.25, 0.3) is 0 Å². The largest absolute Gasteiger partial charge is 0.381 e. The summed E-state index contributed by atoms with van der Waals surface area (Å²) >= 11 is 0. The first kappa shape index (κ1) is 17.5. The highest BCUT2D eigenvalue weighted by molar-refractivity contribution is 5.22. The van der Waals surface area contributed by atoms with Crippen LogP contribution < -0.4 is 0 Å². The molecule has 1 N–H and O–H groups in total. The first-order valence-corrected chi connectivity index (χ1v) is 10.1. The van der Waals surface area contributed by atoms with Gasteiger partial charge in [-0.25, -0.2) is 0 Å². The van der Waals surface area contributed by atoms with Crippen LogP contribution in [0.1, 0.15) is 75.0 Å². The van der Waals surface area contributed by atoms with Crippen LogP contribution in [-0.2, 0) is 16.0 Å². The highest BCUT2D eigenvalue weighted by Crippen LogP contribution is 2.44. The maximum absolute atomic E-state index is 6.07. The van der Waals surface area contributed by atoms with E-state index in [1.807, 2.05) is 14.2 Å². The van der Waals surface area contributed by atoms with Gasteiger partial charge in [-0.15, -0.1) is 0 Å². The minimum absolute atomic E-state index is 0.0315. The van der Waals surface area contributed by atoms with E-state index in [-0.39, 0.29) is 5.60 Å². The molecule has 5 heteroatoms. The maximum Gasteiger partial charge on any atom is 0.0847 e. The van der Waals surface area contributed by atoms with Crippen LogP contribution in [0.5, 0.6) is 0 Å². The number of hydrogen-bond donors (Lipinski definition) is 1. The Morgan fingerprint density at radius 2 is 2.04 bits per heavy atom. The van der Waals surface area contributed by atoms with Crippen molar-refractivity contribution in [1.82, 2.24) is 15.1 Å². The molecule has 0 aromatic carbocycles. The van der Waals surface area contributed by atoms with Gasteiger partial charge in [0.1, 0.15) is 0 Å². The Balaban J connectivity index is 1.50. The molecule has 0 unspecified atom stereocenters. The fraction of sp³-hybridized carbons (Fsp3) is 0.850. The topological polar surface area (TPSA) is 50.4 Å². The number of aromatic nitrogens is 2. The standard InChI is InChI=1S/C20H33N3O2/c1-24-17-8-9-20(25-2)10-11-23(18(20)12-17)14-16-13-21-22-19(16)15-6-4-3-5-7-15/h13,15,17-18H,3-12,14H2,1-2H3,(H,21,22)/t17-,18-,20+/m0/s1. The lowest BCUT2D eigenvalue weighted by molar-refractivity contribution is -0.0947. The number of hydrogen-bond acceptors (Lipinski definition) is 4. The number of rotatable bonds is 5. The summed E-state index contributed by atoms with van der Waals surface area (Å²) in [4.78, 5) is 2.63. The molecule has 2 saturated carbocycles. The van der Waals surface area contributed by atoms with Gasteiger partial charge in [0.25, 0.3) is 0 Å². The summed E-state index contributed by atoms with van der Waals surface area (Å²) < 4.78 is 11.8. The number of nitrogens with zero attached hydrogens (tertiary/aromatic N) is 2. The van der Waals surface area contributed by atoms with E-state index in [0.29, 0.717) is 18.1 Å². The summed E-state index contributed by atoms with van der Waals surface area (Å²) in [6.07, 6.45) is 13.6. The molecule has 2 aliphatic carbocycles. The Kier molecular flexibility index (Phi) is 5.16. The van der Waals surface area contributed by atoms with Crippen molar-refractivity contribution in [3.63, 3.8) is 0 Å². The van der Waals surface area contributed by atoms with Crippen LogP contribution in [0.2, 0.25) is 0 Å². The summed E-state index contributed by atoms with van der Waals surface area (Å²) in [5.74, 6) is 0.680. The van der Waals surface area contributed by atoms with Crippen molar-refractivity contribution >= 4 is 0 Å². The SMILES string of the molecule is CO[C@H]1CC[C@@]2(OC)CCN(Cc3cn[nH]c3C3CCCCC3)[C@H]2C1. The molecular formula is C20H33N3O2. The van der Waals surface area contributed by atoms with E-state index >= 15 is 0 Å². The summed E-state index contributed by atoms with van der Waals surface area (Å²) in [5, 5.41) is 7.74. The average Bonchev–Trinajstić information content (AvgIpc) is 3.28. The van der Waals surface area contributed by atoms with E-state index in [1.165, 1.54) is 43.4 Å². The molecule has 1 aromatic rings. The second kappa shape index (κ2) is 7.37. The van der Waals surface area contributed by atoms with E-state index in [1.54, 1.807) is 0 Å². The number of ether oxygens (including phenoxy) is 2.